The van der Waals surface area contributed by atoms with Gasteiger partial charge in [-0.15, -0.1) is 0 Å². The summed E-state index contributed by atoms with van der Waals surface area (Å²) in [5.41, 5.74) is 1.48. The van der Waals surface area contributed by atoms with Crippen LogP contribution in [0.1, 0.15) is 0 Å². The maximum atomic E-state index is 8.61. The highest BCUT2D eigenvalue weighted by atomic mass is 32.2. The van der Waals surface area contributed by atoms with Gasteiger partial charge >= 0.3 is 0 Å². The molecular weight excluding hydrogens is 188 g/mol. The summed E-state index contributed by atoms with van der Waals surface area (Å²) in [6, 6.07) is 0. The van der Waals surface area contributed by atoms with Crippen LogP contribution in [0, 0.1) is 0 Å². The molecule has 0 atom stereocenters. The van der Waals surface area contributed by atoms with Crippen molar-refractivity contribution in [2.75, 3.05) is 12.4 Å². The minimum atomic E-state index is 0.146. The van der Waals surface area contributed by atoms with Crippen LogP contribution >= 0.6 is 11.8 Å². The van der Waals surface area contributed by atoms with Gasteiger partial charge in [0.15, 0.2) is 10.8 Å². The summed E-state index contributed by atoms with van der Waals surface area (Å²) in [5, 5.41) is 9.38. The highest BCUT2D eigenvalue weighted by Gasteiger charge is 2.02. The maximum absolute atomic E-state index is 8.61. The lowest BCUT2D eigenvalue weighted by atomic mass is 10.6. The number of hydrogen-bond donors (Lipinski definition) is 2. The molecule has 2 N–H and O–H groups in total. The quantitative estimate of drug-likeness (QED) is 0.697. The van der Waals surface area contributed by atoms with Crippen LogP contribution in [0.3, 0.4) is 0 Å². The number of aliphatic hydroxyl groups excluding tert-OH is 1. The zero-order chi connectivity index (χ0) is 9.10. The van der Waals surface area contributed by atoms with Crippen molar-refractivity contribution in [3.63, 3.8) is 0 Å². The summed E-state index contributed by atoms with van der Waals surface area (Å²) < 4.78 is 0. The molecule has 0 fully saturated rings. The fourth-order valence-electron chi connectivity index (χ4n) is 0.950. The first kappa shape index (κ1) is 8.46. The predicted octanol–water partition coefficient (Wildman–Crippen LogP) is 0.437. The molecule has 0 unspecified atom stereocenters. The summed E-state index contributed by atoms with van der Waals surface area (Å²) >= 11 is 1.46. The summed E-state index contributed by atoms with van der Waals surface area (Å²) in [5.74, 6) is 0.632. The van der Waals surface area contributed by atoms with Crippen molar-refractivity contribution in [3.05, 3.63) is 12.5 Å². The van der Waals surface area contributed by atoms with Crippen molar-refractivity contribution in [2.24, 2.45) is 0 Å². The Morgan fingerprint density at radius 1 is 1.54 bits per heavy atom. The van der Waals surface area contributed by atoms with E-state index in [1.165, 1.54) is 18.1 Å². The molecule has 0 bridgehead atoms. The molecule has 68 valence electrons. The van der Waals surface area contributed by atoms with Gasteiger partial charge in [-0.2, -0.15) is 0 Å². The first-order valence-corrected chi connectivity index (χ1v) is 4.78. The van der Waals surface area contributed by atoms with E-state index in [0.717, 1.165) is 10.7 Å². The minimum Gasteiger partial charge on any atom is -0.396 e. The lowest BCUT2D eigenvalue weighted by Crippen LogP contribution is -1.86. The van der Waals surface area contributed by atoms with Crippen molar-refractivity contribution < 1.29 is 5.11 Å². The van der Waals surface area contributed by atoms with E-state index in [1.807, 2.05) is 0 Å². The molecule has 0 aliphatic carbocycles. The number of aromatic nitrogens is 4. The third-order valence-electron chi connectivity index (χ3n) is 1.47. The lowest BCUT2D eigenvalue weighted by Gasteiger charge is -1.89. The van der Waals surface area contributed by atoms with Gasteiger partial charge in [-0.25, -0.2) is 15.0 Å². The van der Waals surface area contributed by atoms with Gasteiger partial charge in [0.2, 0.25) is 0 Å². The van der Waals surface area contributed by atoms with Crippen molar-refractivity contribution in [3.8, 4) is 0 Å². The number of aromatic amines is 1. The van der Waals surface area contributed by atoms with E-state index < -0.39 is 0 Å². The number of aliphatic hydroxyl groups is 1. The fourth-order valence-corrected chi connectivity index (χ4v) is 1.57. The van der Waals surface area contributed by atoms with E-state index in [0.29, 0.717) is 11.4 Å². The number of nitrogens with one attached hydrogen (secondary N) is 1. The van der Waals surface area contributed by atoms with Gasteiger partial charge in [-0.3, -0.25) is 0 Å². The van der Waals surface area contributed by atoms with Gasteiger partial charge in [0.05, 0.1) is 12.8 Å². The molecule has 2 aromatic rings. The second-order valence-corrected chi connectivity index (χ2v) is 3.46. The standard InChI is InChI=1S/C7H8N4OS/c12-1-2-13-7-10-5-3-8-4-9-6(5)11-7/h3-4,12H,1-2H2,(H,8,9,10,11). The molecule has 0 saturated heterocycles. The van der Waals surface area contributed by atoms with E-state index in [4.69, 9.17) is 5.11 Å². The topological polar surface area (TPSA) is 74.7 Å². The van der Waals surface area contributed by atoms with Crippen LogP contribution in [0.2, 0.25) is 0 Å². The number of H-pyrrole nitrogens is 1. The number of hydrogen-bond acceptors (Lipinski definition) is 5. The van der Waals surface area contributed by atoms with Crippen molar-refractivity contribution in [1.29, 1.82) is 0 Å². The Labute approximate surface area is 78.6 Å². The van der Waals surface area contributed by atoms with Gasteiger partial charge in [-0.1, -0.05) is 11.8 Å². The second-order valence-electron chi connectivity index (χ2n) is 2.37. The Bertz CT molecular complexity index is 369. The SMILES string of the molecule is OCCSc1nc2ncncc2[nH]1. The van der Waals surface area contributed by atoms with Crippen LogP contribution in [0.4, 0.5) is 0 Å². The largest absolute Gasteiger partial charge is 0.396 e. The Kier molecular flexibility index (Phi) is 2.42. The zero-order valence-electron chi connectivity index (χ0n) is 6.77. The third-order valence-corrected chi connectivity index (χ3v) is 2.32. The zero-order valence-corrected chi connectivity index (χ0v) is 7.58. The number of nitrogens with zero attached hydrogens (tertiary/aromatic N) is 3. The molecule has 0 saturated carbocycles. The highest BCUT2D eigenvalue weighted by Crippen LogP contribution is 2.16. The average Bonchev–Trinajstić information content (AvgIpc) is 2.57. The summed E-state index contributed by atoms with van der Waals surface area (Å²) in [6.07, 6.45) is 3.14. The molecule has 13 heavy (non-hydrogen) atoms. The van der Waals surface area contributed by atoms with Crippen LogP contribution in [-0.2, 0) is 0 Å². The molecule has 0 aromatic carbocycles. The van der Waals surface area contributed by atoms with Gasteiger partial charge in [0, 0.05) is 5.75 Å². The molecule has 0 aliphatic heterocycles. The van der Waals surface area contributed by atoms with Crippen LogP contribution in [0.15, 0.2) is 17.7 Å². The van der Waals surface area contributed by atoms with Crippen molar-refractivity contribution in [1.82, 2.24) is 19.9 Å². The second kappa shape index (κ2) is 3.71. The molecule has 5 nitrogen and oxygen atoms in total. The van der Waals surface area contributed by atoms with Crippen LogP contribution in [-0.4, -0.2) is 37.4 Å². The summed E-state index contributed by atoms with van der Waals surface area (Å²) in [7, 11) is 0. The number of imidazole rings is 1. The first-order chi connectivity index (χ1) is 6.40. The summed E-state index contributed by atoms with van der Waals surface area (Å²) in [4.78, 5) is 15.1. The van der Waals surface area contributed by atoms with Gasteiger partial charge in [0.1, 0.15) is 11.8 Å². The third kappa shape index (κ3) is 1.78. The monoisotopic (exact) mass is 196 g/mol. The predicted molar refractivity (Wildman–Crippen MR) is 49.5 cm³/mol. The van der Waals surface area contributed by atoms with Gasteiger partial charge < -0.3 is 10.1 Å². The molecule has 0 spiro atoms. The Morgan fingerprint density at radius 2 is 2.46 bits per heavy atom. The molecule has 2 aromatic heterocycles. The smallest absolute Gasteiger partial charge is 0.181 e. The Hall–Kier alpha value is -1.14. The highest BCUT2D eigenvalue weighted by molar-refractivity contribution is 7.99. The normalized spacial score (nSPS) is 10.8. The molecule has 2 rings (SSSR count). The van der Waals surface area contributed by atoms with Crippen LogP contribution in [0.25, 0.3) is 11.2 Å². The van der Waals surface area contributed by atoms with Gasteiger partial charge in [0.25, 0.3) is 0 Å². The van der Waals surface area contributed by atoms with Crippen molar-refractivity contribution in [2.45, 2.75) is 5.16 Å². The molecule has 2 heterocycles. The van der Waals surface area contributed by atoms with Crippen molar-refractivity contribution >= 4 is 22.9 Å². The van der Waals surface area contributed by atoms with Crippen LogP contribution < -0.4 is 0 Å². The molecular formula is C7H8N4OS. The van der Waals surface area contributed by atoms with E-state index in [-0.39, 0.29) is 6.61 Å². The molecule has 0 radical (unpaired) electrons. The molecule has 0 aliphatic rings. The van der Waals surface area contributed by atoms with E-state index >= 15 is 0 Å². The molecule has 0 amide bonds. The Morgan fingerprint density at radius 3 is 3.23 bits per heavy atom. The van der Waals surface area contributed by atoms with E-state index in [1.54, 1.807) is 6.20 Å². The fraction of sp³-hybridized carbons (Fsp3) is 0.286. The van der Waals surface area contributed by atoms with E-state index in [2.05, 4.69) is 19.9 Å². The maximum Gasteiger partial charge on any atom is 0.181 e. The Balaban J connectivity index is 2.28. The van der Waals surface area contributed by atoms with Gasteiger partial charge in [-0.05, 0) is 0 Å². The molecule has 6 heteroatoms. The average molecular weight is 196 g/mol. The van der Waals surface area contributed by atoms with Crippen LogP contribution in [0.5, 0.6) is 0 Å². The van der Waals surface area contributed by atoms with E-state index in [9.17, 15) is 0 Å². The minimum absolute atomic E-state index is 0.146. The first-order valence-electron chi connectivity index (χ1n) is 3.79. The summed E-state index contributed by atoms with van der Waals surface area (Å²) in [6.45, 7) is 0.146. The lowest BCUT2D eigenvalue weighted by molar-refractivity contribution is 0.322. The number of thioether (sulfide) groups is 1. The number of rotatable bonds is 3. The number of fused-ring (bicyclic) bond motifs is 1.